The minimum absolute atomic E-state index is 0.0723. The number of aryl methyl sites for hydroxylation is 1. The van der Waals surface area contributed by atoms with E-state index >= 15 is 0 Å². The number of benzene rings is 3. The SMILES string of the molecule is CCc1ccc2[nH]c(=O)c(CN(Cc3ccccc3)C(=S)NCCc3ccccc3)cc2c1. The van der Waals surface area contributed by atoms with Gasteiger partial charge >= 0.3 is 0 Å². The Morgan fingerprint density at radius 2 is 1.58 bits per heavy atom. The van der Waals surface area contributed by atoms with E-state index in [-0.39, 0.29) is 5.56 Å². The first-order valence-electron chi connectivity index (χ1n) is 11.4. The Labute approximate surface area is 200 Å². The molecule has 0 aliphatic carbocycles. The van der Waals surface area contributed by atoms with E-state index in [1.165, 1.54) is 11.1 Å². The number of nitrogens with one attached hydrogen (secondary N) is 2. The van der Waals surface area contributed by atoms with Gasteiger partial charge in [0.2, 0.25) is 0 Å². The molecule has 5 heteroatoms. The van der Waals surface area contributed by atoms with Crippen LogP contribution in [0.25, 0.3) is 10.9 Å². The van der Waals surface area contributed by atoms with Crippen LogP contribution in [0.1, 0.15) is 29.2 Å². The number of hydrogen-bond donors (Lipinski definition) is 2. The zero-order valence-corrected chi connectivity index (χ0v) is 19.7. The lowest BCUT2D eigenvalue weighted by Crippen LogP contribution is -2.40. The van der Waals surface area contributed by atoms with Gasteiger partial charge in [-0.1, -0.05) is 73.7 Å². The third kappa shape index (κ3) is 6.08. The molecule has 4 aromatic rings. The largest absolute Gasteiger partial charge is 0.362 e. The Hall–Kier alpha value is -3.44. The predicted octanol–water partition coefficient (Wildman–Crippen LogP) is 5.21. The molecule has 0 atom stereocenters. The molecule has 2 N–H and O–H groups in total. The van der Waals surface area contributed by atoms with Crippen molar-refractivity contribution in [1.29, 1.82) is 0 Å². The highest BCUT2D eigenvalue weighted by atomic mass is 32.1. The maximum Gasteiger partial charge on any atom is 0.253 e. The molecule has 0 saturated heterocycles. The molecule has 0 unspecified atom stereocenters. The molecule has 1 heterocycles. The van der Waals surface area contributed by atoms with Crippen LogP contribution in [0.2, 0.25) is 0 Å². The van der Waals surface area contributed by atoms with E-state index in [1.807, 2.05) is 48.5 Å². The zero-order chi connectivity index (χ0) is 23.0. The van der Waals surface area contributed by atoms with Gasteiger partial charge in [0.15, 0.2) is 5.11 Å². The fourth-order valence-electron chi connectivity index (χ4n) is 3.92. The molecule has 0 spiro atoms. The molecule has 168 valence electrons. The molecule has 0 bridgehead atoms. The second-order valence-corrected chi connectivity index (χ2v) is 8.59. The second-order valence-electron chi connectivity index (χ2n) is 8.21. The highest BCUT2D eigenvalue weighted by Gasteiger charge is 2.14. The van der Waals surface area contributed by atoms with Gasteiger partial charge in [0.05, 0.1) is 6.54 Å². The molecule has 1 aromatic heterocycles. The van der Waals surface area contributed by atoms with E-state index in [2.05, 4.69) is 58.5 Å². The molecule has 4 rings (SSSR count). The summed E-state index contributed by atoms with van der Waals surface area (Å²) < 4.78 is 0. The minimum atomic E-state index is -0.0723. The average molecular weight is 456 g/mol. The predicted molar refractivity (Wildman–Crippen MR) is 140 cm³/mol. The van der Waals surface area contributed by atoms with E-state index in [1.54, 1.807) is 0 Å². The summed E-state index contributed by atoms with van der Waals surface area (Å²) in [6.07, 6.45) is 1.84. The molecule has 33 heavy (non-hydrogen) atoms. The van der Waals surface area contributed by atoms with Crippen molar-refractivity contribution in [1.82, 2.24) is 15.2 Å². The summed E-state index contributed by atoms with van der Waals surface area (Å²) in [5.41, 5.74) is 5.16. The Morgan fingerprint density at radius 3 is 2.27 bits per heavy atom. The fraction of sp³-hybridized carbons (Fsp3) is 0.214. The summed E-state index contributed by atoms with van der Waals surface area (Å²) in [7, 11) is 0. The van der Waals surface area contributed by atoms with E-state index in [9.17, 15) is 4.79 Å². The maximum absolute atomic E-state index is 12.9. The third-order valence-corrected chi connectivity index (χ3v) is 6.19. The molecule has 0 saturated carbocycles. The van der Waals surface area contributed by atoms with E-state index < -0.39 is 0 Å². The molecule has 4 nitrogen and oxygen atoms in total. The lowest BCUT2D eigenvalue weighted by Gasteiger charge is -2.26. The standard InChI is InChI=1S/C28H29N3OS/c1-2-21-13-14-26-24(17-21)18-25(27(32)30-26)20-31(19-23-11-7-4-8-12-23)28(33)29-16-15-22-9-5-3-6-10-22/h3-14,17-18H,2,15-16,19-20H2,1H3,(H,29,33)(H,30,32). The average Bonchev–Trinajstić information content (AvgIpc) is 2.85. The number of pyridine rings is 1. The smallest absolute Gasteiger partial charge is 0.253 e. The number of hydrogen-bond acceptors (Lipinski definition) is 2. The maximum atomic E-state index is 12.9. The van der Waals surface area contributed by atoms with Gasteiger partial charge < -0.3 is 15.2 Å². The van der Waals surface area contributed by atoms with Crippen LogP contribution in [0.15, 0.2) is 89.7 Å². The number of aromatic nitrogens is 1. The minimum Gasteiger partial charge on any atom is -0.362 e. The molecular weight excluding hydrogens is 426 g/mol. The van der Waals surface area contributed by atoms with Gasteiger partial charge in [-0.3, -0.25) is 4.79 Å². The normalized spacial score (nSPS) is 10.8. The highest BCUT2D eigenvalue weighted by Crippen LogP contribution is 2.16. The fourth-order valence-corrected chi connectivity index (χ4v) is 4.15. The van der Waals surface area contributed by atoms with Gasteiger partial charge in [-0.05, 0) is 65.3 Å². The van der Waals surface area contributed by atoms with Crippen molar-refractivity contribution in [2.75, 3.05) is 6.54 Å². The van der Waals surface area contributed by atoms with Gasteiger partial charge in [0.1, 0.15) is 0 Å². The molecule has 3 aromatic carbocycles. The summed E-state index contributed by atoms with van der Waals surface area (Å²) in [6.45, 7) is 3.94. The number of fused-ring (bicyclic) bond motifs is 1. The summed E-state index contributed by atoms with van der Waals surface area (Å²) in [4.78, 5) is 18.0. The summed E-state index contributed by atoms with van der Waals surface area (Å²) in [6, 6.07) is 28.7. The number of thiocarbonyl (C=S) groups is 1. The van der Waals surface area contributed by atoms with Crippen LogP contribution in [0.5, 0.6) is 0 Å². The monoisotopic (exact) mass is 455 g/mol. The van der Waals surface area contributed by atoms with Gasteiger partial charge in [-0.15, -0.1) is 0 Å². The van der Waals surface area contributed by atoms with Gasteiger partial charge in [0.25, 0.3) is 5.56 Å². The Bertz CT molecular complexity index is 1270. The molecule has 0 radical (unpaired) electrons. The van der Waals surface area contributed by atoms with Crippen molar-refractivity contribution in [3.8, 4) is 0 Å². The number of aromatic amines is 1. The van der Waals surface area contributed by atoms with E-state index in [4.69, 9.17) is 12.2 Å². The van der Waals surface area contributed by atoms with E-state index in [0.717, 1.165) is 35.9 Å². The van der Waals surface area contributed by atoms with Gasteiger partial charge in [0, 0.05) is 24.2 Å². The zero-order valence-electron chi connectivity index (χ0n) is 18.9. The first kappa shape index (κ1) is 22.7. The summed E-state index contributed by atoms with van der Waals surface area (Å²) >= 11 is 5.77. The lowest BCUT2D eigenvalue weighted by molar-refractivity contribution is 0.398. The van der Waals surface area contributed by atoms with Crippen LogP contribution in [0, 0.1) is 0 Å². The quantitative estimate of drug-likeness (QED) is 0.358. The van der Waals surface area contributed by atoms with Crippen LogP contribution in [-0.4, -0.2) is 21.5 Å². The topological polar surface area (TPSA) is 48.1 Å². The molecule has 0 aliphatic rings. The molecular formula is C28H29N3OS. The summed E-state index contributed by atoms with van der Waals surface area (Å²) in [5, 5.41) is 5.09. The van der Waals surface area contributed by atoms with Gasteiger partial charge in [-0.2, -0.15) is 0 Å². The van der Waals surface area contributed by atoms with Crippen molar-refractivity contribution < 1.29 is 0 Å². The lowest BCUT2D eigenvalue weighted by atomic mass is 10.1. The van der Waals surface area contributed by atoms with Crippen molar-refractivity contribution in [3.05, 3.63) is 118 Å². The Balaban J connectivity index is 1.54. The molecule has 0 aliphatic heterocycles. The van der Waals surface area contributed by atoms with Crippen LogP contribution in [-0.2, 0) is 25.9 Å². The molecule has 0 amide bonds. The first-order chi connectivity index (χ1) is 16.1. The van der Waals surface area contributed by atoms with Crippen molar-refractivity contribution >= 4 is 28.2 Å². The number of nitrogens with zero attached hydrogens (tertiary/aromatic N) is 1. The van der Waals surface area contributed by atoms with Gasteiger partial charge in [-0.25, -0.2) is 0 Å². The highest BCUT2D eigenvalue weighted by molar-refractivity contribution is 7.80. The second kappa shape index (κ2) is 10.9. The van der Waals surface area contributed by atoms with E-state index in [0.29, 0.717) is 23.8 Å². The molecule has 0 fully saturated rings. The van der Waals surface area contributed by atoms with Crippen molar-refractivity contribution in [2.45, 2.75) is 32.9 Å². The summed E-state index contributed by atoms with van der Waals surface area (Å²) in [5.74, 6) is 0. The van der Waals surface area contributed by atoms with Crippen LogP contribution >= 0.6 is 12.2 Å². The van der Waals surface area contributed by atoms with Crippen LogP contribution in [0.4, 0.5) is 0 Å². The number of rotatable bonds is 8. The number of H-pyrrole nitrogens is 1. The van der Waals surface area contributed by atoms with Crippen molar-refractivity contribution in [2.24, 2.45) is 0 Å². The van der Waals surface area contributed by atoms with Crippen LogP contribution < -0.4 is 10.9 Å². The van der Waals surface area contributed by atoms with Crippen LogP contribution in [0.3, 0.4) is 0 Å². The Morgan fingerprint density at radius 1 is 0.879 bits per heavy atom. The third-order valence-electron chi connectivity index (χ3n) is 5.79. The first-order valence-corrected chi connectivity index (χ1v) is 11.8. The Kier molecular flexibility index (Phi) is 7.53. The van der Waals surface area contributed by atoms with Crippen molar-refractivity contribution in [3.63, 3.8) is 0 Å².